The summed E-state index contributed by atoms with van der Waals surface area (Å²) in [5, 5.41) is 13.9. The maximum atomic E-state index is 12.6. The van der Waals surface area contributed by atoms with Gasteiger partial charge in [-0.05, 0) is 24.1 Å². The lowest BCUT2D eigenvalue weighted by atomic mass is 9.76. The van der Waals surface area contributed by atoms with E-state index in [4.69, 9.17) is 0 Å². The van der Waals surface area contributed by atoms with Crippen LogP contribution in [0.1, 0.15) is 28.4 Å². The molecule has 0 spiro atoms. The molecule has 3 aromatic carbocycles. The molecule has 0 aliphatic rings. The highest BCUT2D eigenvalue weighted by Crippen LogP contribution is 2.31. The fourth-order valence-corrected chi connectivity index (χ4v) is 3.10. The minimum Gasteiger partial charge on any atom is -0.351 e. The Morgan fingerprint density at radius 1 is 0.926 bits per heavy atom. The topological polar surface area (TPSA) is 72.2 Å². The highest BCUT2D eigenvalue weighted by Gasteiger charge is 2.29. The van der Waals surface area contributed by atoms with Crippen LogP contribution in [-0.2, 0) is 5.41 Å². The summed E-state index contributed by atoms with van der Waals surface area (Å²) in [6.45, 7) is 2.44. The predicted molar refractivity (Wildman–Crippen MR) is 105 cm³/mol. The van der Waals surface area contributed by atoms with Gasteiger partial charge in [0.2, 0.25) is 0 Å². The molecule has 0 atom stereocenters. The van der Waals surface area contributed by atoms with Gasteiger partial charge in [0.1, 0.15) is 0 Å². The van der Waals surface area contributed by atoms with E-state index in [2.05, 4.69) is 12.2 Å². The first kappa shape index (κ1) is 18.3. The van der Waals surface area contributed by atoms with E-state index in [1.807, 2.05) is 60.7 Å². The number of nitrogens with one attached hydrogen (secondary N) is 1. The van der Waals surface area contributed by atoms with Gasteiger partial charge < -0.3 is 5.32 Å². The first-order valence-electron chi connectivity index (χ1n) is 8.64. The van der Waals surface area contributed by atoms with E-state index in [0.29, 0.717) is 6.54 Å². The van der Waals surface area contributed by atoms with Crippen molar-refractivity contribution in [1.29, 1.82) is 0 Å². The molecule has 0 aliphatic carbocycles. The molecular weight excluding hydrogens is 340 g/mol. The Morgan fingerprint density at radius 2 is 1.48 bits per heavy atom. The zero-order chi connectivity index (χ0) is 19.3. The lowest BCUT2D eigenvalue weighted by Crippen LogP contribution is -2.39. The molecule has 0 saturated carbocycles. The minimum atomic E-state index is -0.505. The Bertz CT molecular complexity index is 901. The Kier molecular flexibility index (Phi) is 5.31. The van der Waals surface area contributed by atoms with E-state index in [9.17, 15) is 14.9 Å². The summed E-state index contributed by atoms with van der Waals surface area (Å²) in [5.41, 5.74) is 1.90. The van der Waals surface area contributed by atoms with Crippen LogP contribution in [-0.4, -0.2) is 17.4 Å². The van der Waals surface area contributed by atoms with E-state index >= 15 is 0 Å². The summed E-state index contributed by atoms with van der Waals surface area (Å²) in [6, 6.07) is 25.7. The Balaban J connectivity index is 1.87. The van der Waals surface area contributed by atoms with Gasteiger partial charge in [-0.1, -0.05) is 66.7 Å². The Labute approximate surface area is 157 Å². The fraction of sp³-hybridized carbons (Fsp3) is 0.136. The monoisotopic (exact) mass is 360 g/mol. The molecule has 5 nitrogen and oxygen atoms in total. The van der Waals surface area contributed by atoms with Gasteiger partial charge in [-0.2, -0.15) is 0 Å². The normalized spacial score (nSPS) is 11.0. The fourth-order valence-electron chi connectivity index (χ4n) is 3.10. The van der Waals surface area contributed by atoms with Crippen LogP contribution in [0.4, 0.5) is 5.69 Å². The van der Waals surface area contributed by atoms with Crippen LogP contribution in [0.5, 0.6) is 0 Å². The number of carbonyl (C=O) groups is 1. The average molecular weight is 360 g/mol. The number of non-ortho nitro benzene ring substituents is 1. The standard InChI is InChI=1S/C22H20N2O3/c1-22(18-10-4-2-5-11-18,19-12-6-3-7-13-19)16-23-21(25)17-9-8-14-20(15-17)24(26)27/h2-15H,16H2,1H3,(H,23,25). The molecular formula is C22H20N2O3. The lowest BCUT2D eigenvalue weighted by Gasteiger charge is -2.31. The van der Waals surface area contributed by atoms with Crippen LogP contribution in [0.3, 0.4) is 0 Å². The van der Waals surface area contributed by atoms with Crippen molar-refractivity contribution in [2.24, 2.45) is 0 Å². The first-order valence-corrected chi connectivity index (χ1v) is 8.64. The van der Waals surface area contributed by atoms with Crippen molar-refractivity contribution in [2.75, 3.05) is 6.54 Å². The molecule has 0 saturated heterocycles. The number of hydrogen-bond donors (Lipinski definition) is 1. The number of hydrogen-bond acceptors (Lipinski definition) is 3. The van der Waals surface area contributed by atoms with Gasteiger partial charge in [-0.15, -0.1) is 0 Å². The number of carbonyl (C=O) groups excluding carboxylic acids is 1. The van der Waals surface area contributed by atoms with Crippen LogP contribution >= 0.6 is 0 Å². The average Bonchev–Trinajstić information content (AvgIpc) is 2.73. The van der Waals surface area contributed by atoms with Crippen molar-refractivity contribution < 1.29 is 9.72 Å². The SMILES string of the molecule is CC(CNC(=O)c1cccc([N+](=O)[O-])c1)(c1ccccc1)c1ccccc1. The van der Waals surface area contributed by atoms with E-state index in [0.717, 1.165) is 11.1 Å². The summed E-state index contributed by atoms with van der Waals surface area (Å²) < 4.78 is 0. The molecule has 5 heteroatoms. The molecule has 1 N–H and O–H groups in total. The maximum absolute atomic E-state index is 12.6. The van der Waals surface area contributed by atoms with Crippen molar-refractivity contribution in [2.45, 2.75) is 12.3 Å². The van der Waals surface area contributed by atoms with Gasteiger partial charge >= 0.3 is 0 Å². The highest BCUT2D eigenvalue weighted by molar-refractivity contribution is 5.94. The van der Waals surface area contributed by atoms with Crippen LogP contribution in [0.25, 0.3) is 0 Å². The molecule has 0 fully saturated rings. The quantitative estimate of drug-likeness (QED) is 0.525. The van der Waals surface area contributed by atoms with Crippen LogP contribution < -0.4 is 5.32 Å². The van der Waals surface area contributed by atoms with Gasteiger partial charge in [-0.25, -0.2) is 0 Å². The predicted octanol–water partition coefficient (Wildman–Crippen LogP) is 4.33. The number of amides is 1. The largest absolute Gasteiger partial charge is 0.351 e. The van der Waals surface area contributed by atoms with E-state index in [-0.39, 0.29) is 17.2 Å². The van der Waals surface area contributed by atoms with Gasteiger partial charge in [0.15, 0.2) is 0 Å². The first-order chi connectivity index (χ1) is 13.0. The molecule has 27 heavy (non-hydrogen) atoms. The number of nitro groups is 1. The second kappa shape index (κ2) is 7.83. The smallest absolute Gasteiger partial charge is 0.270 e. The van der Waals surface area contributed by atoms with Gasteiger partial charge in [-0.3, -0.25) is 14.9 Å². The third kappa shape index (κ3) is 4.03. The zero-order valence-electron chi connectivity index (χ0n) is 15.0. The van der Waals surface area contributed by atoms with Crippen molar-refractivity contribution >= 4 is 11.6 Å². The molecule has 0 bridgehead atoms. The van der Waals surface area contributed by atoms with Crippen molar-refractivity contribution in [1.82, 2.24) is 5.32 Å². The van der Waals surface area contributed by atoms with Gasteiger partial charge in [0.25, 0.3) is 11.6 Å². The minimum absolute atomic E-state index is 0.100. The number of nitrogens with zero attached hydrogens (tertiary/aromatic N) is 1. The zero-order valence-corrected chi connectivity index (χ0v) is 15.0. The second-order valence-corrected chi connectivity index (χ2v) is 6.55. The number of benzene rings is 3. The summed E-state index contributed by atoms with van der Waals surface area (Å²) in [4.78, 5) is 23.0. The van der Waals surface area contributed by atoms with E-state index in [1.54, 1.807) is 6.07 Å². The van der Waals surface area contributed by atoms with E-state index in [1.165, 1.54) is 18.2 Å². The molecule has 0 radical (unpaired) electrons. The van der Waals surface area contributed by atoms with E-state index < -0.39 is 10.3 Å². The second-order valence-electron chi connectivity index (χ2n) is 6.55. The van der Waals surface area contributed by atoms with Gasteiger partial charge in [0, 0.05) is 29.7 Å². The molecule has 0 aliphatic heterocycles. The van der Waals surface area contributed by atoms with Crippen LogP contribution in [0, 0.1) is 10.1 Å². The molecule has 3 aromatic rings. The molecule has 3 rings (SSSR count). The third-order valence-electron chi connectivity index (χ3n) is 4.74. The summed E-state index contributed by atoms with van der Waals surface area (Å²) >= 11 is 0. The molecule has 136 valence electrons. The van der Waals surface area contributed by atoms with Crippen LogP contribution in [0.2, 0.25) is 0 Å². The maximum Gasteiger partial charge on any atom is 0.270 e. The van der Waals surface area contributed by atoms with Gasteiger partial charge in [0.05, 0.1) is 4.92 Å². The van der Waals surface area contributed by atoms with Crippen LogP contribution in [0.15, 0.2) is 84.9 Å². The van der Waals surface area contributed by atoms with Crippen molar-refractivity contribution in [3.8, 4) is 0 Å². The molecule has 1 amide bonds. The van der Waals surface area contributed by atoms with Crippen molar-refractivity contribution in [3.05, 3.63) is 112 Å². The van der Waals surface area contributed by atoms with Crippen molar-refractivity contribution in [3.63, 3.8) is 0 Å². The highest BCUT2D eigenvalue weighted by atomic mass is 16.6. The Morgan fingerprint density at radius 3 is 2.00 bits per heavy atom. The lowest BCUT2D eigenvalue weighted by molar-refractivity contribution is -0.384. The summed E-state index contributed by atoms with van der Waals surface area (Å²) in [5.74, 6) is -0.336. The number of rotatable bonds is 6. The molecule has 0 unspecified atom stereocenters. The number of nitro benzene ring substituents is 1. The summed E-state index contributed by atoms with van der Waals surface area (Å²) in [7, 11) is 0. The third-order valence-corrected chi connectivity index (χ3v) is 4.74. The molecule has 0 heterocycles. The Hall–Kier alpha value is -3.47. The molecule has 0 aromatic heterocycles. The summed E-state index contributed by atoms with van der Waals surface area (Å²) in [6.07, 6.45) is 0.